The molecule has 1 aliphatic rings. The van der Waals surface area contributed by atoms with Gasteiger partial charge in [-0.05, 0) is 57.2 Å². The molecule has 0 atom stereocenters. The van der Waals surface area contributed by atoms with E-state index < -0.39 is 5.60 Å². The number of piperidine rings is 1. The van der Waals surface area contributed by atoms with Crippen LogP contribution in [0, 0.1) is 5.92 Å². The van der Waals surface area contributed by atoms with Crippen LogP contribution in [0.2, 0.25) is 0 Å². The molecular formula is C22H37IN4O3. The smallest absolute Gasteiger partial charge is 0.410 e. The summed E-state index contributed by atoms with van der Waals surface area (Å²) in [5, 5.41) is 3.48. The molecule has 2 rings (SSSR count). The van der Waals surface area contributed by atoms with Crippen molar-refractivity contribution in [1.82, 2.24) is 15.1 Å². The SMILES string of the molecule is CN=C(NCC1CCN(C(=O)OC(C)(C)C)CC1)N(C)Cc1ccc(OC)cc1.I. The minimum Gasteiger partial charge on any atom is -0.497 e. The lowest BCUT2D eigenvalue weighted by atomic mass is 9.97. The molecule has 0 radical (unpaired) electrons. The van der Waals surface area contributed by atoms with Gasteiger partial charge in [0.15, 0.2) is 5.96 Å². The lowest BCUT2D eigenvalue weighted by Crippen LogP contribution is -2.45. The molecule has 0 bridgehead atoms. The first-order chi connectivity index (χ1) is 13.7. The molecule has 0 unspecified atom stereocenters. The van der Waals surface area contributed by atoms with E-state index in [0.29, 0.717) is 5.92 Å². The third-order valence-electron chi connectivity index (χ3n) is 4.97. The van der Waals surface area contributed by atoms with Crippen molar-refractivity contribution in [1.29, 1.82) is 0 Å². The molecule has 1 amide bonds. The number of halogens is 1. The van der Waals surface area contributed by atoms with Crippen LogP contribution in [0.1, 0.15) is 39.2 Å². The third-order valence-corrected chi connectivity index (χ3v) is 4.97. The number of carbonyl (C=O) groups is 1. The van der Waals surface area contributed by atoms with Gasteiger partial charge in [0.05, 0.1) is 7.11 Å². The minimum atomic E-state index is -0.448. The lowest BCUT2D eigenvalue weighted by molar-refractivity contribution is 0.0185. The first-order valence-electron chi connectivity index (χ1n) is 10.2. The number of amides is 1. The van der Waals surface area contributed by atoms with Gasteiger partial charge < -0.3 is 24.6 Å². The number of benzene rings is 1. The van der Waals surface area contributed by atoms with E-state index in [-0.39, 0.29) is 30.1 Å². The zero-order chi connectivity index (χ0) is 21.4. The molecule has 170 valence electrons. The van der Waals surface area contributed by atoms with E-state index in [1.165, 1.54) is 5.56 Å². The van der Waals surface area contributed by atoms with E-state index in [1.54, 1.807) is 14.2 Å². The summed E-state index contributed by atoms with van der Waals surface area (Å²) < 4.78 is 10.7. The van der Waals surface area contributed by atoms with E-state index in [1.807, 2.05) is 44.9 Å². The standard InChI is InChI=1S/C22H36N4O3.HI/c1-22(2,3)29-21(27)26-13-11-17(12-14-26)15-24-20(23-4)25(5)16-18-7-9-19(28-6)10-8-18;/h7-10,17H,11-16H2,1-6H3,(H,23,24);1H. The molecule has 1 aromatic carbocycles. The maximum atomic E-state index is 12.2. The molecule has 1 aliphatic heterocycles. The summed E-state index contributed by atoms with van der Waals surface area (Å²) in [6, 6.07) is 8.07. The second-order valence-electron chi connectivity index (χ2n) is 8.54. The van der Waals surface area contributed by atoms with Crippen molar-refractivity contribution >= 4 is 36.0 Å². The summed E-state index contributed by atoms with van der Waals surface area (Å²) in [6.07, 6.45) is 1.72. The summed E-state index contributed by atoms with van der Waals surface area (Å²) in [5.41, 5.74) is 0.748. The Morgan fingerprint density at radius 2 is 1.83 bits per heavy atom. The van der Waals surface area contributed by atoms with Gasteiger partial charge in [0.1, 0.15) is 11.4 Å². The highest BCUT2D eigenvalue weighted by atomic mass is 127. The van der Waals surface area contributed by atoms with Gasteiger partial charge in [-0.25, -0.2) is 4.79 Å². The van der Waals surface area contributed by atoms with Crippen LogP contribution in [-0.4, -0.2) is 68.3 Å². The van der Waals surface area contributed by atoms with E-state index >= 15 is 0 Å². The van der Waals surface area contributed by atoms with Crippen LogP contribution in [0.3, 0.4) is 0 Å². The second kappa shape index (κ2) is 12.2. The zero-order valence-corrected chi connectivity index (χ0v) is 21.4. The van der Waals surface area contributed by atoms with Crippen LogP contribution < -0.4 is 10.1 Å². The fourth-order valence-electron chi connectivity index (χ4n) is 3.35. The number of guanidine groups is 1. The van der Waals surface area contributed by atoms with Gasteiger partial charge in [-0.2, -0.15) is 0 Å². The summed E-state index contributed by atoms with van der Waals surface area (Å²) in [5.74, 6) is 2.24. The molecule has 1 N–H and O–H groups in total. The largest absolute Gasteiger partial charge is 0.497 e. The number of hydrogen-bond donors (Lipinski definition) is 1. The maximum absolute atomic E-state index is 12.2. The van der Waals surface area contributed by atoms with Gasteiger partial charge in [0.2, 0.25) is 0 Å². The Hall–Kier alpha value is -1.71. The Bertz CT molecular complexity index is 681. The molecule has 1 heterocycles. The molecule has 0 aliphatic carbocycles. The van der Waals surface area contributed by atoms with E-state index in [0.717, 1.165) is 50.7 Å². The lowest BCUT2D eigenvalue weighted by Gasteiger charge is -2.34. The van der Waals surface area contributed by atoms with Gasteiger partial charge in [-0.3, -0.25) is 4.99 Å². The average Bonchev–Trinajstić information content (AvgIpc) is 2.68. The van der Waals surface area contributed by atoms with Crippen LogP contribution >= 0.6 is 24.0 Å². The normalized spacial score (nSPS) is 15.3. The molecule has 1 aromatic rings. The van der Waals surface area contributed by atoms with Crippen molar-refractivity contribution in [3.05, 3.63) is 29.8 Å². The predicted octanol–water partition coefficient (Wildman–Crippen LogP) is 3.97. The van der Waals surface area contributed by atoms with E-state index in [2.05, 4.69) is 27.3 Å². The predicted molar refractivity (Wildman–Crippen MR) is 132 cm³/mol. The average molecular weight is 532 g/mol. The number of aliphatic imine (C=N–C) groups is 1. The highest BCUT2D eigenvalue weighted by Crippen LogP contribution is 2.19. The molecule has 0 spiro atoms. The second-order valence-corrected chi connectivity index (χ2v) is 8.54. The van der Waals surface area contributed by atoms with Gasteiger partial charge in [0.25, 0.3) is 0 Å². The molecule has 1 saturated heterocycles. The Labute approximate surface area is 198 Å². The number of nitrogens with zero attached hydrogens (tertiary/aromatic N) is 3. The van der Waals surface area contributed by atoms with Crippen molar-refractivity contribution in [3.8, 4) is 5.75 Å². The molecule has 8 heteroatoms. The first-order valence-corrected chi connectivity index (χ1v) is 10.2. The van der Waals surface area contributed by atoms with E-state index in [9.17, 15) is 4.79 Å². The van der Waals surface area contributed by atoms with Crippen molar-refractivity contribution in [2.45, 2.75) is 45.8 Å². The minimum absolute atomic E-state index is 0. The summed E-state index contributed by atoms with van der Waals surface area (Å²) in [4.78, 5) is 20.5. The number of hydrogen-bond acceptors (Lipinski definition) is 4. The fraction of sp³-hybridized carbons (Fsp3) is 0.636. The molecule has 0 saturated carbocycles. The van der Waals surface area contributed by atoms with Gasteiger partial charge >= 0.3 is 6.09 Å². The van der Waals surface area contributed by atoms with Crippen molar-refractivity contribution < 1.29 is 14.3 Å². The first kappa shape index (κ1) is 26.3. The van der Waals surface area contributed by atoms with Crippen molar-refractivity contribution in [3.63, 3.8) is 0 Å². The Morgan fingerprint density at radius 3 is 2.33 bits per heavy atom. The van der Waals surface area contributed by atoms with Gasteiger partial charge in [0, 0.05) is 40.3 Å². The number of carbonyl (C=O) groups excluding carboxylic acids is 1. The molecular weight excluding hydrogens is 495 g/mol. The summed E-state index contributed by atoms with van der Waals surface area (Å²) in [6.45, 7) is 8.78. The highest BCUT2D eigenvalue weighted by molar-refractivity contribution is 14.0. The quantitative estimate of drug-likeness (QED) is 0.353. The van der Waals surface area contributed by atoms with Crippen LogP contribution in [0.15, 0.2) is 29.3 Å². The Morgan fingerprint density at radius 1 is 1.23 bits per heavy atom. The molecule has 30 heavy (non-hydrogen) atoms. The summed E-state index contributed by atoms with van der Waals surface area (Å²) >= 11 is 0. The van der Waals surface area contributed by atoms with Crippen molar-refractivity contribution in [2.75, 3.05) is 40.8 Å². The fourth-order valence-corrected chi connectivity index (χ4v) is 3.35. The van der Waals surface area contributed by atoms with E-state index in [4.69, 9.17) is 9.47 Å². The van der Waals surface area contributed by atoms with Crippen LogP contribution in [0.25, 0.3) is 0 Å². The zero-order valence-electron chi connectivity index (χ0n) is 19.1. The maximum Gasteiger partial charge on any atom is 0.410 e. The van der Waals surface area contributed by atoms with Crippen LogP contribution in [-0.2, 0) is 11.3 Å². The number of ether oxygens (including phenoxy) is 2. The van der Waals surface area contributed by atoms with Crippen molar-refractivity contribution in [2.24, 2.45) is 10.9 Å². The molecule has 7 nitrogen and oxygen atoms in total. The topological polar surface area (TPSA) is 66.4 Å². The van der Waals surface area contributed by atoms with Gasteiger partial charge in [-0.15, -0.1) is 24.0 Å². The monoisotopic (exact) mass is 532 g/mol. The van der Waals surface area contributed by atoms with Crippen LogP contribution in [0.4, 0.5) is 4.79 Å². The molecule has 0 aromatic heterocycles. The molecule has 1 fully saturated rings. The van der Waals surface area contributed by atoms with Gasteiger partial charge in [-0.1, -0.05) is 12.1 Å². The third kappa shape index (κ3) is 8.57. The number of rotatable bonds is 5. The number of methoxy groups -OCH3 is 1. The Balaban J connectivity index is 0.00000450. The van der Waals surface area contributed by atoms with Crippen LogP contribution in [0.5, 0.6) is 5.75 Å². The highest BCUT2D eigenvalue weighted by Gasteiger charge is 2.27. The Kier molecular flexibility index (Phi) is 10.7. The summed E-state index contributed by atoms with van der Waals surface area (Å²) in [7, 11) is 5.51. The number of likely N-dealkylation sites (tertiary alicyclic amines) is 1. The number of nitrogens with one attached hydrogen (secondary N) is 1.